The lowest BCUT2D eigenvalue weighted by molar-refractivity contribution is -0.147. The quantitative estimate of drug-likeness (QED) is 0.365. The van der Waals surface area contributed by atoms with Gasteiger partial charge in [-0.2, -0.15) is 0 Å². The Kier molecular flexibility index (Phi) is 10.7. The van der Waals surface area contributed by atoms with Crippen molar-refractivity contribution < 1.29 is 28.5 Å². The van der Waals surface area contributed by atoms with Gasteiger partial charge in [0.15, 0.2) is 0 Å². The number of rotatable bonds is 13. The summed E-state index contributed by atoms with van der Waals surface area (Å²) >= 11 is 0. The van der Waals surface area contributed by atoms with Crippen molar-refractivity contribution in [2.75, 3.05) is 26.4 Å². The summed E-state index contributed by atoms with van der Waals surface area (Å²) in [6.45, 7) is 2.38. The van der Waals surface area contributed by atoms with Gasteiger partial charge in [0.2, 0.25) is 0 Å². The summed E-state index contributed by atoms with van der Waals surface area (Å²) in [6.07, 6.45) is 11.3. The zero-order valence-electron chi connectivity index (χ0n) is 15.9. The van der Waals surface area contributed by atoms with Gasteiger partial charge < -0.3 is 18.9 Å². The first kappa shape index (κ1) is 21.2. The second-order valence-corrected chi connectivity index (χ2v) is 7.26. The van der Waals surface area contributed by atoms with Crippen LogP contribution >= 0.6 is 0 Å². The van der Waals surface area contributed by atoms with Gasteiger partial charge in [-0.25, -0.2) is 0 Å². The SMILES string of the molecule is O=C(CCCCCCCCC(=O)OC[C@H]1CCCO1)OC[C@H]1CCCO1. The molecule has 0 aromatic heterocycles. The van der Waals surface area contributed by atoms with Crippen LogP contribution in [0.5, 0.6) is 0 Å². The van der Waals surface area contributed by atoms with E-state index >= 15 is 0 Å². The fourth-order valence-corrected chi connectivity index (χ4v) is 3.31. The first-order valence-corrected chi connectivity index (χ1v) is 10.3. The van der Waals surface area contributed by atoms with E-state index in [1.165, 1.54) is 0 Å². The Morgan fingerprint density at radius 1 is 0.692 bits per heavy atom. The van der Waals surface area contributed by atoms with E-state index in [0.717, 1.165) is 77.4 Å². The molecule has 2 heterocycles. The molecule has 6 heteroatoms. The highest BCUT2D eigenvalue weighted by molar-refractivity contribution is 5.69. The maximum absolute atomic E-state index is 11.6. The number of ether oxygens (including phenoxy) is 4. The fraction of sp³-hybridized carbons (Fsp3) is 0.900. The molecule has 0 aromatic carbocycles. The van der Waals surface area contributed by atoms with Crippen LogP contribution in [0.4, 0.5) is 0 Å². The molecule has 2 fully saturated rings. The Labute approximate surface area is 156 Å². The summed E-state index contributed by atoms with van der Waals surface area (Å²) in [5, 5.41) is 0. The Hall–Kier alpha value is -1.14. The zero-order chi connectivity index (χ0) is 18.5. The number of carbonyl (C=O) groups excluding carboxylic acids is 2. The van der Waals surface area contributed by atoms with Crippen LogP contribution in [0.15, 0.2) is 0 Å². The number of carbonyl (C=O) groups is 2. The van der Waals surface area contributed by atoms with E-state index in [1.54, 1.807) is 0 Å². The normalized spacial score (nSPS) is 22.5. The van der Waals surface area contributed by atoms with Crippen molar-refractivity contribution in [1.82, 2.24) is 0 Å². The predicted octanol–water partition coefficient (Wildman–Crippen LogP) is 3.55. The molecule has 2 aliphatic rings. The van der Waals surface area contributed by atoms with Gasteiger partial charge in [0.05, 0.1) is 12.2 Å². The van der Waals surface area contributed by atoms with Gasteiger partial charge in [0, 0.05) is 26.1 Å². The first-order valence-electron chi connectivity index (χ1n) is 10.3. The van der Waals surface area contributed by atoms with E-state index in [4.69, 9.17) is 18.9 Å². The minimum absolute atomic E-state index is 0.108. The van der Waals surface area contributed by atoms with Gasteiger partial charge in [0.25, 0.3) is 0 Å². The van der Waals surface area contributed by atoms with Crippen LogP contribution in [0.1, 0.15) is 77.0 Å². The molecule has 0 N–H and O–H groups in total. The van der Waals surface area contributed by atoms with Gasteiger partial charge in [-0.1, -0.05) is 25.7 Å². The first-order chi connectivity index (χ1) is 12.7. The van der Waals surface area contributed by atoms with E-state index in [9.17, 15) is 9.59 Å². The molecular weight excluding hydrogens is 336 g/mol. The Morgan fingerprint density at radius 3 is 1.50 bits per heavy atom. The van der Waals surface area contributed by atoms with Gasteiger partial charge in [-0.15, -0.1) is 0 Å². The van der Waals surface area contributed by atoms with Crippen molar-refractivity contribution in [2.45, 2.75) is 89.3 Å². The van der Waals surface area contributed by atoms with Gasteiger partial charge in [-0.3, -0.25) is 9.59 Å². The molecule has 150 valence electrons. The smallest absolute Gasteiger partial charge is 0.305 e. The highest BCUT2D eigenvalue weighted by Gasteiger charge is 2.18. The number of hydrogen-bond donors (Lipinski definition) is 0. The minimum atomic E-state index is -0.116. The lowest BCUT2D eigenvalue weighted by atomic mass is 10.1. The Balaban J connectivity index is 1.32. The van der Waals surface area contributed by atoms with Gasteiger partial charge >= 0.3 is 11.9 Å². The molecule has 0 aliphatic carbocycles. The number of unbranched alkanes of at least 4 members (excludes halogenated alkanes) is 5. The maximum atomic E-state index is 11.6. The van der Waals surface area contributed by atoms with Crippen LogP contribution < -0.4 is 0 Å². The van der Waals surface area contributed by atoms with E-state index < -0.39 is 0 Å². The molecule has 0 spiro atoms. The van der Waals surface area contributed by atoms with Crippen molar-refractivity contribution in [3.05, 3.63) is 0 Å². The summed E-state index contributed by atoms with van der Waals surface area (Å²) in [4.78, 5) is 23.3. The Bertz CT molecular complexity index is 361. The number of esters is 2. The monoisotopic (exact) mass is 370 g/mol. The summed E-state index contributed by atoms with van der Waals surface area (Å²) in [6, 6.07) is 0. The zero-order valence-corrected chi connectivity index (χ0v) is 15.9. The maximum Gasteiger partial charge on any atom is 0.305 e. The van der Waals surface area contributed by atoms with Crippen molar-refractivity contribution in [3.8, 4) is 0 Å². The third kappa shape index (κ3) is 9.53. The molecular formula is C20H34O6. The molecule has 0 saturated carbocycles. The highest BCUT2D eigenvalue weighted by atomic mass is 16.6. The van der Waals surface area contributed by atoms with Crippen molar-refractivity contribution in [3.63, 3.8) is 0 Å². The number of hydrogen-bond acceptors (Lipinski definition) is 6. The van der Waals surface area contributed by atoms with Crippen LogP contribution in [0.25, 0.3) is 0 Å². The molecule has 6 nitrogen and oxygen atoms in total. The van der Waals surface area contributed by atoms with Crippen LogP contribution in [-0.4, -0.2) is 50.6 Å². The summed E-state index contributed by atoms with van der Waals surface area (Å²) in [5.41, 5.74) is 0. The average Bonchev–Trinajstić information content (AvgIpc) is 3.34. The molecule has 0 bridgehead atoms. The Morgan fingerprint density at radius 2 is 1.12 bits per heavy atom. The molecule has 2 rings (SSSR count). The standard InChI is InChI=1S/C20H34O6/c21-19(25-15-17-9-7-13-23-17)11-5-3-1-2-4-6-12-20(22)26-16-18-10-8-14-24-18/h17-18H,1-16H2/t17-,18-/m1/s1. The third-order valence-electron chi connectivity index (χ3n) is 4.92. The fourth-order valence-electron chi connectivity index (χ4n) is 3.31. The van der Waals surface area contributed by atoms with E-state index in [0.29, 0.717) is 26.1 Å². The second kappa shape index (κ2) is 13.1. The largest absolute Gasteiger partial charge is 0.463 e. The van der Waals surface area contributed by atoms with Crippen LogP contribution in [0.2, 0.25) is 0 Å². The van der Waals surface area contributed by atoms with E-state index in [-0.39, 0.29) is 24.1 Å². The molecule has 26 heavy (non-hydrogen) atoms. The topological polar surface area (TPSA) is 71.1 Å². The average molecular weight is 370 g/mol. The second-order valence-electron chi connectivity index (χ2n) is 7.26. The molecule has 0 unspecified atom stereocenters. The van der Waals surface area contributed by atoms with Gasteiger partial charge in [-0.05, 0) is 38.5 Å². The van der Waals surface area contributed by atoms with E-state index in [2.05, 4.69) is 0 Å². The van der Waals surface area contributed by atoms with E-state index in [1.807, 2.05) is 0 Å². The lowest BCUT2D eigenvalue weighted by Gasteiger charge is -2.10. The van der Waals surface area contributed by atoms with Crippen LogP contribution in [0, 0.1) is 0 Å². The van der Waals surface area contributed by atoms with Crippen LogP contribution in [0.3, 0.4) is 0 Å². The molecule has 2 aliphatic heterocycles. The highest BCUT2D eigenvalue weighted by Crippen LogP contribution is 2.14. The summed E-state index contributed by atoms with van der Waals surface area (Å²) in [7, 11) is 0. The minimum Gasteiger partial charge on any atom is -0.463 e. The molecule has 2 atom stereocenters. The molecule has 0 aromatic rings. The van der Waals surface area contributed by atoms with Crippen molar-refractivity contribution in [1.29, 1.82) is 0 Å². The molecule has 0 amide bonds. The van der Waals surface area contributed by atoms with Crippen molar-refractivity contribution in [2.24, 2.45) is 0 Å². The van der Waals surface area contributed by atoms with Gasteiger partial charge in [0.1, 0.15) is 13.2 Å². The van der Waals surface area contributed by atoms with Crippen LogP contribution in [-0.2, 0) is 28.5 Å². The predicted molar refractivity (Wildman–Crippen MR) is 96.8 cm³/mol. The summed E-state index contributed by atoms with van der Waals surface area (Å²) < 4.78 is 21.3. The molecule has 0 radical (unpaired) electrons. The lowest BCUT2D eigenvalue weighted by Crippen LogP contribution is -2.17. The summed E-state index contributed by atoms with van der Waals surface area (Å²) in [5.74, 6) is -0.232. The van der Waals surface area contributed by atoms with Crippen molar-refractivity contribution >= 4 is 11.9 Å². The third-order valence-corrected chi connectivity index (χ3v) is 4.92. The molecule has 2 saturated heterocycles.